The molecule has 0 bridgehead atoms. The zero-order chi connectivity index (χ0) is 15.9. The molecule has 0 saturated carbocycles. The van der Waals surface area contributed by atoms with Crippen molar-refractivity contribution in [3.8, 4) is 0 Å². The molecule has 2 heterocycles. The minimum atomic E-state index is -0.307. The molecule has 1 aromatic heterocycles. The van der Waals surface area contributed by atoms with Crippen LogP contribution in [0, 0.1) is 0 Å². The van der Waals surface area contributed by atoms with E-state index in [1.807, 2.05) is 5.38 Å². The van der Waals surface area contributed by atoms with E-state index in [4.69, 9.17) is 9.47 Å². The Morgan fingerprint density at radius 2 is 1.95 bits per heavy atom. The molecule has 0 atom stereocenters. The Labute approximate surface area is 133 Å². The van der Waals surface area contributed by atoms with Gasteiger partial charge in [0.2, 0.25) is 5.91 Å². The van der Waals surface area contributed by atoms with Gasteiger partial charge < -0.3 is 19.3 Å². The summed E-state index contributed by atoms with van der Waals surface area (Å²) in [5.74, 6) is 0.0396. The quantitative estimate of drug-likeness (QED) is 0.811. The Morgan fingerprint density at radius 3 is 2.59 bits per heavy atom. The standard InChI is InChI=1S/C14H21N3O4S/c1-3-21-14(19)17-6-4-16(5-7-17)13(18)8-11-10-22-12(15-11)9-20-2/h10H,3-9H2,1-2H3. The summed E-state index contributed by atoms with van der Waals surface area (Å²) in [4.78, 5) is 31.6. The first-order chi connectivity index (χ1) is 10.6. The van der Waals surface area contributed by atoms with Gasteiger partial charge in [-0.25, -0.2) is 9.78 Å². The Kier molecular flexibility index (Phi) is 6.14. The van der Waals surface area contributed by atoms with Gasteiger partial charge in [-0.05, 0) is 6.92 Å². The van der Waals surface area contributed by atoms with Crippen molar-refractivity contribution >= 4 is 23.3 Å². The summed E-state index contributed by atoms with van der Waals surface area (Å²) < 4.78 is 9.98. The van der Waals surface area contributed by atoms with E-state index in [0.29, 0.717) is 45.8 Å². The Morgan fingerprint density at radius 1 is 1.27 bits per heavy atom. The van der Waals surface area contributed by atoms with Gasteiger partial charge in [0.15, 0.2) is 0 Å². The predicted molar refractivity (Wildman–Crippen MR) is 81.7 cm³/mol. The molecule has 1 aliphatic heterocycles. The van der Waals surface area contributed by atoms with E-state index in [-0.39, 0.29) is 12.0 Å². The zero-order valence-electron chi connectivity index (χ0n) is 12.9. The van der Waals surface area contributed by atoms with Crippen molar-refractivity contribution in [1.29, 1.82) is 0 Å². The minimum absolute atomic E-state index is 0.0396. The molecule has 1 aromatic rings. The fraction of sp³-hybridized carbons (Fsp3) is 0.643. The number of thiazole rings is 1. The SMILES string of the molecule is CCOC(=O)N1CCN(C(=O)Cc2csc(COC)n2)CC1. The molecule has 1 saturated heterocycles. The molecule has 2 rings (SSSR count). The number of methoxy groups -OCH3 is 1. The summed E-state index contributed by atoms with van der Waals surface area (Å²) in [5, 5.41) is 2.76. The summed E-state index contributed by atoms with van der Waals surface area (Å²) >= 11 is 1.50. The number of carbonyl (C=O) groups is 2. The normalized spacial score (nSPS) is 15.0. The first-order valence-electron chi connectivity index (χ1n) is 7.25. The maximum atomic E-state index is 12.3. The molecule has 1 fully saturated rings. The van der Waals surface area contributed by atoms with Crippen LogP contribution >= 0.6 is 11.3 Å². The topological polar surface area (TPSA) is 72.0 Å². The Hall–Kier alpha value is -1.67. The van der Waals surface area contributed by atoms with Crippen molar-refractivity contribution in [2.24, 2.45) is 0 Å². The van der Waals surface area contributed by atoms with Gasteiger partial charge in [0, 0.05) is 38.7 Å². The monoisotopic (exact) mass is 327 g/mol. The minimum Gasteiger partial charge on any atom is -0.450 e. The molecule has 1 aliphatic rings. The number of hydrogen-bond acceptors (Lipinski definition) is 6. The fourth-order valence-electron chi connectivity index (χ4n) is 2.24. The summed E-state index contributed by atoms with van der Waals surface area (Å²) in [7, 11) is 1.62. The predicted octanol–water partition coefficient (Wildman–Crippen LogP) is 1.13. The van der Waals surface area contributed by atoms with Gasteiger partial charge in [0.25, 0.3) is 0 Å². The Balaban J connectivity index is 1.80. The molecular weight excluding hydrogens is 306 g/mol. The fourth-order valence-corrected chi connectivity index (χ4v) is 3.00. The summed E-state index contributed by atoms with van der Waals surface area (Å²) in [6.07, 6.45) is -0.0158. The number of carbonyl (C=O) groups excluding carboxylic acids is 2. The molecule has 22 heavy (non-hydrogen) atoms. The van der Waals surface area contributed by atoms with Crippen LogP contribution in [0.2, 0.25) is 0 Å². The van der Waals surface area contributed by atoms with Crippen molar-refractivity contribution in [2.45, 2.75) is 20.0 Å². The largest absolute Gasteiger partial charge is 0.450 e. The van der Waals surface area contributed by atoms with Gasteiger partial charge in [-0.2, -0.15) is 0 Å². The van der Waals surface area contributed by atoms with Crippen molar-refractivity contribution in [3.05, 3.63) is 16.1 Å². The molecule has 122 valence electrons. The zero-order valence-corrected chi connectivity index (χ0v) is 13.7. The molecule has 2 amide bonds. The van der Waals surface area contributed by atoms with E-state index >= 15 is 0 Å². The number of ether oxygens (including phenoxy) is 2. The molecule has 0 unspecified atom stereocenters. The molecule has 8 heteroatoms. The summed E-state index contributed by atoms with van der Waals surface area (Å²) in [6, 6.07) is 0. The first kappa shape index (κ1) is 16.7. The van der Waals surface area contributed by atoms with E-state index in [2.05, 4.69) is 4.98 Å². The van der Waals surface area contributed by atoms with Crippen molar-refractivity contribution in [2.75, 3.05) is 39.9 Å². The average molecular weight is 327 g/mol. The van der Waals surface area contributed by atoms with Gasteiger partial charge in [-0.3, -0.25) is 4.79 Å². The summed E-state index contributed by atoms with van der Waals surface area (Å²) in [5.41, 5.74) is 0.773. The highest BCUT2D eigenvalue weighted by Gasteiger charge is 2.25. The average Bonchev–Trinajstić information content (AvgIpc) is 2.95. The smallest absolute Gasteiger partial charge is 0.409 e. The van der Waals surface area contributed by atoms with E-state index < -0.39 is 0 Å². The highest BCUT2D eigenvalue weighted by atomic mass is 32.1. The third-order valence-corrected chi connectivity index (χ3v) is 4.23. The molecular formula is C14H21N3O4S. The maximum Gasteiger partial charge on any atom is 0.409 e. The number of rotatable bonds is 5. The van der Waals surface area contributed by atoms with Crippen molar-refractivity contribution in [3.63, 3.8) is 0 Å². The second-order valence-electron chi connectivity index (χ2n) is 4.91. The van der Waals surface area contributed by atoms with Crippen LogP contribution in [0.5, 0.6) is 0 Å². The van der Waals surface area contributed by atoms with Crippen LogP contribution in [0.4, 0.5) is 4.79 Å². The number of hydrogen-bond donors (Lipinski definition) is 0. The van der Waals surface area contributed by atoms with Crippen LogP contribution in [0.1, 0.15) is 17.6 Å². The van der Waals surface area contributed by atoms with Gasteiger partial charge >= 0.3 is 6.09 Å². The van der Waals surface area contributed by atoms with Crippen LogP contribution < -0.4 is 0 Å². The van der Waals surface area contributed by atoms with Crippen LogP contribution in [-0.4, -0.2) is 66.7 Å². The first-order valence-corrected chi connectivity index (χ1v) is 8.13. The van der Waals surface area contributed by atoms with Gasteiger partial charge in [-0.15, -0.1) is 11.3 Å². The van der Waals surface area contributed by atoms with Crippen LogP contribution in [0.25, 0.3) is 0 Å². The lowest BCUT2D eigenvalue weighted by atomic mass is 10.2. The number of nitrogens with zero attached hydrogens (tertiary/aromatic N) is 3. The lowest BCUT2D eigenvalue weighted by Crippen LogP contribution is -2.51. The maximum absolute atomic E-state index is 12.3. The highest BCUT2D eigenvalue weighted by Crippen LogP contribution is 2.13. The van der Waals surface area contributed by atoms with Crippen molar-refractivity contribution < 1.29 is 19.1 Å². The van der Waals surface area contributed by atoms with E-state index in [1.165, 1.54) is 11.3 Å². The van der Waals surface area contributed by atoms with Crippen LogP contribution in [-0.2, 0) is 27.3 Å². The van der Waals surface area contributed by atoms with Crippen LogP contribution in [0.3, 0.4) is 0 Å². The molecule has 0 radical (unpaired) electrons. The number of aromatic nitrogens is 1. The Bertz CT molecular complexity index is 512. The molecule has 0 aliphatic carbocycles. The van der Waals surface area contributed by atoms with E-state index in [1.54, 1.807) is 23.8 Å². The molecule has 0 aromatic carbocycles. The second kappa shape index (κ2) is 8.09. The van der Waals surface area contributed by atoms with Gasteiger partial charge in [-0.1, -0.05) is 0 Å². The van der Waals surface area contributed by atoms with Crippen LogP contribution in [0.15, 0.2) is 5.38 Å². The lowest BCUT2D eigenvalue weighted by molar-refractivity contribution is -0.132. The molecule has 0 N–H and O–H groups in total. The number of piperazine rings is 1. The molecule has 0 spiro atoms. The number of amides is 2. The third kappa shape index (κ3) is 4.41. The van der Waals surface area contributed by atoms with Gasteiger partial charge in [0.05, 0.1) is 25.3 Å². The van der Waals surface area contributed by atoms with Crippen molar-refractivity contribution in [1.82, 2.24) is 14.8 Å². The molecule has 7 nitrogen and oxygen atoms in total. The lowest BCUT2D eigenvalue weighted by Gasteiger charge is -2.34. The van der Waals surface area contributed by atoms with Gasteiger partial charge in [0.1, 0.15) is 5.01 Å². The highest BCUT2D eigenvalue weighted by molar-refractivity contribution is 7.09. The summed E-state index contributed by atoms with van der Waals surface area (Å²) in [6.45, 7) is 4.71. The van der Waals surface area contributed by atoms with E-state index in [0.717, 1.165) is 10.7 Å². The van der Waals surface area contributed by atoms with E-state index in [9.17, 15) is 9.59 Å². The second-order valence-corrected chi connectivity index (χ2v) is 5.85. The third-order valence-electron chi connectivity index (χ3n) is 3.36.